The second-order valence-corrected chi connectivity index (χ2v) is 10.0. The average molecular weight is 533 g/mol. The number of benzene rings is 1. The van der Waals surface area contributed by atoms with E-state index in [1.54, 1.807) is 17.4 Å². The minimum atomic E-state index is -0.0772. The number of ether oxygens (including phenoxy) is 2. The van der Waals surface area contributed by atoms with E-state index in [0.717, 1.165) is 54.8 Å². The average Bonchev–Trinajstić information content (AvgIpc) is 3.36. The van der Waals surface area contributed by atoms with Gasteiger partial charge in [0, 0.05) is 63.2 Å². The van der Waals surface area contributed by atoms with Gasteiger partial charge in [-0.3, -0.25) is 4.79 Å². The zero-order valence-corrected chi connectivity index (χ0v) is 22.8. The minimum Gasteiger partial charge on any atom is -0.488 e. The molecule has 5 rings (SSSR count). The molecule has 1 amide bonds. The van der Waals surface area contributed by atoms with Crippen LogP contribution in [0.2, 0.25) is 0 Å². The molecular weight excluding hydrogens is 496 g/mol. The molecule has 206 valence electrons. The molecule has 0 aliphatic carbocycles. The molecule has 0 spiro atoms. The number of carbonyl (C=O) groups is 1. The van der Waals surface area contributed by atoms with Crippen molar-refractivity contribution in [1.29, 1.82) is 0 Å². The smallest absolute Gasteiger partial charge is 0.260 e. The van der Waals surface area contributed by atoms with Gasteiger partial charge in [0.1, 0.15) is 30.4 Å². The van der Waals surface area contributed by atoms with Crippen LogP contribution < -0.4 is 25.0 Å². The topological polar surface area (TPSA) is 108 Å². The summed E-state index contributed by atoms with van der Waals surface area (Å²) in [6, 6.07) is 11.5. The van der Waals surface area contributed by atoms with E-state index in [0.29, 0.717) is 31.2 Å². The maximum atomic E-state index is 12.8. The molecule has 2 aromatic heterocycles. The Hall–Kier alpha value is -4.12. The zero-order chi connectivity index (χ0) is 27.2. The Morgan fingerprint density at radius 1 is 1.13 bits per heavy atom. The maximum absolute atomic E-state index is 12.8. The van der Waals surface area contributed by atoms with Gasteiger partial charge in [-0.2, -0.15) is 0 Å². The molecule has 1 aromatic carbocycles. The highest BCUT2D eigenvalue weighted by Gasteiger charge is 2.29. The standard InChI is InChI=1S/C28H36N8O3/c1-34-11-6-12-36(3)25(37)18-39-23-15-21(33-28-26-20(17-34)16-30-27(26)31-19-32-28)8-9-22(23)38-14-13-35(2)24-7-4-5-10-29-24/h4-5,7-10,15,19-20H,6,11-14,16-18H2,1-3H3,(H2,30,31,32,33). The molecule has 2 bridgehead atoms. The van der Waals surface area contributed by atoms with Gasteiger partial charge >= 0.3 is 0 Å². The van der Waals surface area contributed by atoms with Gasteiger partial charge < -0.3 is 34.8 Å². The lowest BCUT2D eigenvalue weighted by molar-refractivity contribution is -0.132. The third kappa shape index (κ3) is 6.48. The van der Waals surface area contributed by atoms with Gasteiger partial charge in [-0.05, 0) is 44.3 Å². The van der Waals surface area contributed by atoms with Crippen molar-refractivity contribution in [2.45, 2.75) is 12.3 Å². The Morgan fingerprint density at radius 2 is 2.00 bits per heavy atom. The number of nitrogens with one attached hydrogen (secondary N) is 2. The molecule has 2 N–H and O–H groups in total. The normalized spacial score (nSPS) is 18.0. The number of hydrogen-bond acceptors (Lipinski definition) is 10. The van der Waals surface area contributed by atoms with Gasteiger partial charge in [0.15, 0.2) is 18.1 Å². The molecule has 0 fully saturated rings. The van der Waals surface area contributed by atoms with Crippen LogP contribution in [0, 0.1) is 0 Å². The summed E-state index contributed by atoms with van der Waals surface area (Å²) < 4.78 is 12.1. The van der Waals surface area contributed by atoms with Crippen LogP contribution in [0.5, 0.6) is 11.5 Å². The van der Waals surface area contributed by atoms with Crippen molar-refractivity contribution in [2.24, 2.45) is 0 Å². The van der Waals surface area contributed by atoms with Crippen LogP contribution in [0.25, 0.3) is 0 Å². The molecule has 4 heterocycles. The van der Waals surface area contributed by atoms with Crippen LogP contribution in [0.4, 0.5) is 23.1 Å². The third-order valence-electron chi connectivity index (χ3n) is 7.08. The molecule has 39 heavy (non-hydrogen) atoms. The summed E-state index contributed by atoms with van der Waals surface area (Å²) in [5.74, 6) is 3.74. The summed E-state index contributed by atoms with van der Waals surface area (Å²) in [5, 5.41) is 6.88. The monoisotopic (exact) mass is 532 g/mol. The Balaban J connectivity index is 1.38. The first-order valence-corrected chi connectivity index (χ1v) is 13.3. The van der Waals surface area contributed by atoms with Crippen LogP contribution in [0.15, 0.2) is 48.9 Å². The predicted octanol–water partition coefficient (Wildman–Crippen LogP) is 2.81. The summed E-state index contributed by atoms with van der Waals surface area (Å²) in [4.78, 5) is 32.3. The molecule has 11 heteroatoms. The Kier molecular flexibility index (Phi) is 8.26. The van der Waals surface area contributed by atoms with Gasteiger partial charge in [-0.25, -0.2) is 15.0 Å². The SMILES string of the molecule is CN1CCCN(C)C(=O)COc2cc(ccc2OCCN(C)c2ccccn2)Nc2ncnc3c2C(CN3)C1. The molecule has 11 nitrogen and oxygen atoms in total. The molecule has 1 atom stereocenters. The lowest BCUT2D eigenvalue weighted by atomic mass is 10.0. The number of pyridine rings is 1. The first-order valence-electron chi connectivity index (χ1n) is 13.3. The van der Waals surface area contributed by atoms with Crippen molar-refractivity contribution in [3.8, 4) is 11.5 Å². The van der Waals surface area contributed by atoms with E-state index in [1.807, 2.05) is 55.4 Å². The number of aromatic nitrogens is 3. The van der Waals surface area contributed by atoms with E-state index in [-0.39, 0.29) is 18.4 Å². The van der Waals surface area contributed by atoms with Gasteiger partial charge in [0.25, 0.3) is 5.91 Å². The molecule has 3 aromatic rings. The zero-order valence-electron chi connectivity index (χ0n) is 22.8. The second kappa shape index (κ2) is 12.2. The van der Waals surface area contributed by atoms with Gasteiger partial charge in [0.2, 0.25) is 0 Å². The lowest BCUT2D eigenvalue weighted by Gasteiger charge is -2.24. The van der Waals surface area contributed by atoms with Crippen LogP contribution in [-0.2, 0) is 4.79 Å². The fourth-order valence-corrected chi connectivity index (χ4v) is 4.86. The van der Waals surface area contributed by atoms with Gasteiger partial charge in [0.05, 0.1) is 6.54 Å². The predicted molar refractivity (Wildman–Crippen MR) is 151 cm³/mol. The highest BCUT2D eigenvalue weighted by atomic mass is 16.5. The first kappa shape index (κ1) is 26.5. The van der Waals surface area contributed by atoms with Crippen molar-refractivity contribution in [3.05, 3.63) is 54.5 Å². The fourth-order valence-electron chi connectivity index (χ4n) is 4.86. The summed E-state index contributed by atoms with van der Waals surface area (Å²) in [6.45, 7) is 4.19. The minimum absolute atomic E-state index is 0.0745. The van der Waals surface area contributed by atoms with Crippen molar-refractivity contribution >= 4 is 29.0 Å². The number of hydrogen-bond donors (Lipinski definition) is 2. The van der Waals surface area contributed by atoms with E-state index in [2.05, 4.69) is 37.5 Å². The van der Waals surface area contributed by atoms with E-state index in [1.165, 1.54) is 0 Å². The fraction of sp³-hybridized carbons (Fsp3) is 0.429. The third-order valence-corrected chi connectivity index (χ3v) is 7.08. The summed E-state index contributed by atoms with van der Waals surface area (Å²) in [7, 11) is 5.90. The number of anilines is 4. The molecule has 2 aliphatic rings. The highest BCUT2D eigenvalue weighted by molar-refractivity contribution is 5.77. The van der Waals surface area contributed by atoms with E-state index in [4.69, 9.17) is 9.47 Å². The van der Waals surface area contributed by atoms with E-state index < -0.39 is 0 Å². The summed E-state index contributed by atoms with van der Waals surface area (Å²) in [5.41, 5.74) is 1.87. The van der Waals surface area contributed by atoms with Crippen LogP contribution in [0.1, 0.15) is 17.9 Å². The van der Waals surface area contributed by atoms with Crippen LogP contribution in [-0.4, -0.2) is 97.7 Å². The Morgan fingerprint density at radius 3 is 2.85 bits per heavy atom. The van der Waals surface area contributed by atoms with Gasteiger partial charge in [-0.15, -0.1) is 0 Å². The number of likely N-dealkylation sites (N-methyl/N-ethyl adjacent to an activating group) is 3. The molecule has 0 saturated carbocycles. The van der Waals surface area contributed by atoms with Gasteiger partial charge in [-0.1, -0.05) is 6.07 Å². The maximum Gasteiger partial charge on any atom is 0.260 e. The molecule has 0 saturated heterocycles. The van der Waals surface area contributed by atoms with Crippen molar-refractivity contribution in [1.82, 2.24) is 24.8 Å². The Labute approximate surface area is 229 Å². The molecular formula is C28H36N8O3. The number of fused-ring (bicyclic) bond motifs is 2. The second-order valence-electron chi connectivity index (χ2n) is 10.0. The van der Waals surface area contributed by atoms with Crippen molar-refractivity contribution in [2.75, 3.05) is 82.6 Å². The van der Waals surface area contributed by atoms with Crippen molar-refractivity contribution < 1.29 is 14.3 Å². The first-order chi connectivity index (χ1) is 19.0. The summed E-state index contributed by atoms with van der Waals surface area (Å²) >= 11 is 0. The highest BCUT2D eigenvalue weighted by Crippen LogP contribution is 2.38. The largest absolute Gasteiger partial charge is 0.488 e. The van der Waals surface area contributed by atoms with Crippen LogP contribution in [0.3, 0.4) is 0 Å². The van der Waals surface area contributed by atoms with Crippen molar-refractivity contribution in [3.63, 3.8) is 0 Å². The lowest BCUT2D eigenvalue weighted by Crippen LogP contribution is -2.34. The molecule has 0 radical (unpaired) electrons. The Bertz CT molecular complexity index is 1270. The number of rotatable bonds is 5. The quantitative estimate of drug-likeness (QED) is 0.509. The summed E-state index contributed by atoms with van der Waals surface area (Å²) in [6.07, 6.45) is 4.21. The number of amides is 1. The number of carbonyl (C=O) groups excluding carboxylic acids is 1. The molecule has 2 aliphatic heterocycles. The van der Waals surface area contributed by atoms with E-state index >= 15 is 0 Å². The number of nitrogens with zero attached hydrogens (tertiary/aromatic N) is 6. The van der Waals surface area contributed by atoms with E-state index in [9.17, 15) is 4.79 Å². The van der Waals surface area contributed by atoms with Crippen LogP contribution >= 0.6 is 0 Å². The molecule has 1 unspecified atom stereocenters.